The number of ether oxygens (including phenoxy) is 1. The molecular formula is C14H19BrO2. The van der Waals surface area contributed by atoms with Gasteiger partial charge in [-0.05, 0) is 18.9 Å². The molecule has 3 heteroatoms. The van der Waals surface area contributed by atoms with E-state index in [0.717, 1.165) is 23.7 Å². The third kappa shape index (κ3) is 4.60. The Kier molecular flexibility index (Phi) is 6.45. The molecule has 0 aliphatic carbocycles. The van der Waals surface area contributed by atoms with E-state index in [0.29, 0.717) is 5.56 Å². The summed E-state index contributed by atoms with van der Waals surface area (Å²) in [5.41, 5.74) is 0.693. The molecule has 1 atom stereocenters. The lowest BCUT2D eigenvalue weighted by Gasteiger charge is -2.14. The zero-order chi connectivity index (χ0) is 12.7. The van der Waals surface area contributed by atoms with E-state index in [1.54, 1.807) is 0 Å². The highest BCUT2D eigenvalue weighted by atomic mass is 79.9. The molecule has 0 saturated carbocycles. The van der Waals surface area contributed by atoms with Crippen molar-refractivity contribution < 1.29 is 9.53 Å². The maximum Gasteiger partial charge on any atom is 0.189 e. The van der Waals surface area contributed by atoms with Gasteiger partial charge in [-0.25, -0.2) is 0 Å². The van der Waals surface area contributed by atoms with Gasteiger partial charge in [-0.3, -0.25) is 4.79 Å². The van der Waals surface area contributed by atoms with Gasteiger partial charge in [0.15, 0.2) is 5.78 Å². The molecule has 0 heterocycles. The summed E-state index contributed by atoms with van der Waals surface area (Å²) >= 11 is 3.38. The van der Waals surface area contributed by atoms with E-state index in [4.69, 9.17) is 4.74 Å². The van der Waals surface area contributed by atoms with Crippen LogP contribution in [0, 0.1) is 0 Å². The molecule has 1 aromatic carbocycles. The standard InChI is InChI=1S/C14H19BrO2/c1-3-7-11(4-2)17-10-14(16)12-8-5-6-9-13(12)15/h5-6,8-9,11H,3-4,7,10H2,1-2H3. The van der Waals surface area contributed by atoms with E-state index < -0.39 is 0 Å². The minimum atomic E-state index is 0.0343. The minimum absolute atomic E-state index is 0.0343. The number of hydrogen-bond acceptors (Lipinski definition) is 2. The van der Waals surface area contributed by atoms with Crippen LogP contribution in [0.1, 0.15) is 43.5 Å². The molecule has 17 heavy (non-hydrogen) atoms. The first kappa shape index (κ1) is 14.4. The maximum absolute atomic E-state index is 11.9. The van der Waals surface area contributed by atoms with Gasteiger partial charge in [0, 0.05) is 10.0 Å². The van der Waals surface area contributed by atoms with E-state index in [2.05, 4.69) is 29.8 Å². The lowest BCUT2D eigenvalue weighted by molar-refractivity contribution is 0.0397. The predicted molar refractivity (Wildman–Crippen MR) is 73.4 cm³/mol. The Bertz CT molecular complexity index is 363. The SMILES string of the molecule is CCCC(CC)OCC(=O)c1ccccc1Br. The highest BCUT2D eigenvalue weighted by Crippen LogP contribution is 2.17. The van der Waals surface area contributed by atoms with Crippen molar-refractivity contribution >= 4 is 21.7 Å². The van der Waals surface area contributed by atoms with Gasteiger partial charge < -0.3 is 4.74 Å². The fourth-order valence-electron chi connectivity index (χ4n) is 1.69. The fourth-order valence-corrected chi connectivity index (χ4v) is 2.19. The summed E-state index contributed by atoms with van der Waals surface area (Å²) in [6.45, 7) is 4.38. The van der Waals surface area contributed by atoms with Crippen molar-refractivity contribution in [2.24, 2.45) is 0 Å². The molecule has 0 amide bonds. The second kappa shape index (κ2) is 7.62. The van der Waals surface area contributed by atoms with Crippen LogP contribution in [-0.4, -0.2) is 18.5 Å². The summed E-state index contributed by atoms with van der Waals surface area (Å²) in [7, 11) is 0. The maximum atomic E-state index is 11.9. The number of benzene rings is 1. The molecule has 1 aromatic rings. The third-order valence-corrected chi connectivity index (χ3v) is 3.38. The average molecular weight is 299 g/mol. The molecule has 0 N–H and O–H groups in total. The van der Waals surface area contributed by atoms with Crippen LogP contribution in [0.25, 0.3) is 0 Å². The molecule has 0 saturated heterocycles. The number of halogens is 1. The number of carbonyl (C=O) groups excluding carboxylic acids is 1. The highest BCUT2D eigenvalue weighted by molar-refractivity contribution is 9.10. The van der Waals surface area contributed by atoms with Crippen LogP contribution in [0.5, 0.6) is 0 Å². The third-order valence-electron chi connectivity index (χ3n) is 2.69. The summed E-state index contributed by atoms with van der Waals surface area (Å²) in [6, 6.07) is 7.45. The van der Waals surface area contributed by atoms with Crippen molar-refractivity contribution in [2.45, 2.75) is 39.2 Å². The fraction of sp³-hybridized carbons (Fsp3) is 0.500. The second-order valence-electron chi connectivity index (χ2n) is 4.03. The topological polar surface area (TPSA) is 26.3 Å². The van der Waals surface area contributed by atoms with Gasteiger partial charge in [-0.15, -0.1) is 0 Å². The van der Waals surface area contributed by atoms with E-state index in [1.807, 2.05) is 24.3 Å². The van der Waals surface area contributed by atoms with Gasteiger partial charge in [0.05, 0.1) is 6.10 Å². The molecule has 0 radical (unpaired) electrons. The van der Waals surface area contributed by atoms with Crippen LogP contribution in [0.2, 0.25) is 0 Å². The molecule has 0 aromatic heterocycles. The first-order valence-corrected chi connectivity index (χ1v) is 6.87. The smallest absolute Gasteiger partial charge is 0.189 e. The molecular weight excluding hydrogens is 280 g/mol. The highest BCUT2D eigenvalue weighted by Gasteiger charge is 2.12. The van der Waals surface area contributed by atoms with Crippen molar-refractivity contribution in [2.75, 3.05) is 6.61 Å². The lowest BCUT2D eigenvalue weighted by Crippen LogP contribution is -2.18. The zero-order valence-corrected chi connectivity index (χ0v) is 12.0. The summed E-state index contributed by atoms with van der Waals surface area (Å²) in [6.07, 6.45) is 3.25. The van der Waals surface area contributed by atoms with E-state index in [9.17, 15) is 4.79 Å². The summed E-state index contributed by atoms with van der Waals surface area (Å²) < 4.78 is 6.46. The van der Waals surface area contributed by atoms with Crippen LogP contribution >= 0.6 is 15.9 Å². The molecule has 0 fully saturated rings. The van der Waals surface area contributed by atoms with Crippen molar-refractivity contribution in [3.8, 4) is 0 Å². The van der Waals surface area contributed by atoms with Gasteiger partial charge in [-0.2, -0.15) is 0 Å². The van der Waals surface area contributed by atoms with Gasteiger partial charge >= 0.3 is 0 Å². The molecule has 0 aliphatic heterocycles. The van der Waals surface area contributed by atoms with E-state index in [1.165, 1.54) is 0 Å². The zero-order valence-electron chi connectivity index (χ0n) is 10.4. The minimum Gasteiger partial charge on any atom is -0.370 e. The Morgan fingerprint density at radius 3 is 2.65 bits per heavy atom. The Labute approximate surface area is 111 Å². The molecule has 2 nitrogen and oxygen atoms in total. The van der Waals surface area contributed by atoms with E-state index in [-0.39, 0.29) is 18.5 Å². The van der Waals surface area contributed by atoms with Gasteiger partial charge in [-0.1, -0.05) is 54.4 Å². The van der Waals surface area contributed by atoms with Crippen LogP contribution in [0.4, 0.5) is 0 Å². The number of ketones is 1. The quantitative estimate of drug-likeness (QED) is 0.704. The number of Topliss-reactive ketones (excluding diaryl/α,β-unsaturated/α-hetero) is 1. The Balaban J connectivity index is 2.52. The summed E-state index contributed by atoms with van der Waals surface area (Å²) in [5, 5.41) is 0. The molecule has 1 rings (SSSR count). The van der Waals surface area contributed by atoms with Crippen LogP contribution in [-0.2, 0) is 4.74 Å². The molecule has 1 unspecified atom stereocenters. The van der Waals surface area contributed by atoms with Crippen LogP contribution in [0.15, 0.2) is 28.7 Å². The van der Waals surface area contributed by atoms with Crippen molar-refractivity contribution in [1.29, 1.82) is 0 Å². The van der Waals surface area contributed by atoms with Crippen molar-refractivity contribution in [1.82, 2.24) is 0 Å². The average Bonchev–Trinajstić information content (AvgIpc) is 2.34. The van der Waals surface area contributed by atoms with Gasteiger partial charge in [0.25, 0.3) is 0 Å². The first-order chi connectivity index (χ1) is 8.19. The Morgan fingerprint density at radius 2 is 2.06 bits per heavy atom. The van der Waals surface area contributed by atoms with Gasteiger partial charge in [0.2, 0.25) is 0 Å². The van der Waals surface area contributed by atoms with Crippen LogP contribution in [0.3, 0.4) is 0 Å². The molecule has 94 valence electrons. The van der Waals surface area contributed by atoms with E-state index >= 15 is 0 Å². The normalized spacial score (nSPS) is 12.4. The summed E-state index contributed by atoms with van der Waals surface area (Å²) in [5.74, 6) is 0.0343. The van der Waals surface area contributed by atoms with Crippen LogP contribution < -0.4 is 0 Å². The Hall–Kier alpha value is -0.670. The first-order valence-electron chi connectivity index (χ1n) is 6.08. The second-order valence-corrected chi connectivity index (χ2v) is 4.89. The Morgan fingerprint density at radius 1 is 1.35 bits per heavy atom. The number of hydrogen-bond donors (Lipinski definition) is 0. The summed E-state index contributed by atoms with van der Waals surface area (Å²) in [4.78, 5) is 11.9. The monoisotopic (exact) mass is 298 g/mol. The van der Waals surface area contributed by atoms with Crippen molar-refractivity contribution in [3.05, 3.63) is 34.3 Å². The number of rotatable bonds is 7. The predicted octanol–water partition coefficient (Wildman–Crippen LogP) is 4.23. The van der Waals surface area contributed by atoms with Crippen molar-refractivity contribution in [3.63, 3.8) is 0 Å². The lowest BCUT2D eigenvalue weighted by atomic mass is 10.1. The molecule has 0 aliphatic rings. The van der Waals surface area contributed by atoms with Gasteiger partial charge in [0.1, 0.15) is 6.61 Å². The molecule has 0 spiro atoms. The largest absolute Gasteiger partial charge is 0.370 e. The number of carbonyl (C=O) groups is 1. The molecule has 0 bridgehead atoms.